The number of rotatable bonds is 4. The Balaban J connectivity index is 2.47. The molecule has 0 aliphatic heterocycles. The van der Waals surface area contributed by atoms with E-state index in [1.54, 1.807) is 0 Å². The Morgan fingerprint density at radius 3 is 2.72 bits per heavy atom. The second kappa shape index (κ2) is 5.50. The van der Waals surface area contributed by atoms with Crippen LogP contribution in [0.15, 0.2) is 42.5 Å². The first kappa shape index (κ1) is 12.4. The van der Waals surface area contributed by atoms with Gasteiger partial charge in [-0.15, -0.1) is 0 Å². The Morgan fingerprint density at radius 2 is 2.00 bits per heavy atom. The first-order chi connectivity index (χ1) is 8.74. The summed E-state index contributed by atoms with van der Waals surface area (Å²) in [6, 6.07) is 13.7. The maximum atomic E-state index is 11.1. The van der Waals surface area contributed by atoms with Crippen molar-refractivity contribution in [1.29, 1.82) is 0 Å². The number of hydrogen-bond donors (Lipinski definition) is 0. The van der Waals surface area contributed by atoms with E-state index in [9.17, 15) is 4.79 Å². The first-order valence-corrected chi connectivity index (χ1v) is 6.03. The zero-order valence-corrected chi connectivity index (χ0v) is 10.6. The highest BCUT2D eigenvalue weighted by Gasteiger charge is 2.05. The average Bonchev–Trinajstić information content (AvgIpc) is 2.39. The van der Waals surface area contributed by atoms with E-state index < -0.39 is 0 Å². The molecule has 0 unspecified atom stereocenters. The van der Waals surface area contributed by atoms with E-state index in [1.165, 1.54) is 0 Å². The van der Waals surface area contributed by atoms with E-state index in [0.717, 1.165) is 28.7 Å². The molecule has 2 nitrogen and oxygen atoms in total. The minimum Gasteiger partial charge on any atom is -0.494 e. The predicted octanol–water partition coefficient (Wildman–Crippen LogP) is 3.87. The molecule has 2 aromatic carbocycles. The van der Waals surface area contributed by atoms with Crippen LogP contribution < -0.4 is 4.74 Å². The lowest BCUT2D eigenvalue weighted by Crippen LogP contribution is -1.93. The third-order valence-corrected chi connectivity index (χ3v) is 2.79. The van der Waals surface area contributed by atoms with Gasteiger partial charge in [0.15, 0.2) is 6.29 Å². The minimum absolute atomic E-state index is 0.637. The molecule has 0 N–H and O–H groups in total. The van der Waals surface area contributed by atoms with Crippen molar-refractivity contribution in [3.8, 4) is 16.9 Å². The van der Waals surface area contributed by atoms with Gasteiger partial charge in [-0.1, -0.05) is 29.8 Å². The van der Waals surface area contributed by atoms with Crippen LogP contribution in [0.2, 0.25) is 0 Å². The van der Waals surface area contributed by atoms with Crippen molar-refractivity contribution in [3.05, 3.63) is 53.6 Å². The maximum Gasteiger partial charge on any atom is 0.150 e. The summed E-state index contributed by atoms with van der Waals surface area (Å²) in [5.74, 6) is 0.826. The number of aryl methyl sites for hydroxylation is 1. The van der Waals surface area contributed by atoms with Crippen LogP contribution in [-0.2, 0) is 0 Å². The molecule has 92 valence electrons. The zero-order valence-electron chi connectivity index (χ0n) is 10.6. The van der Waals surface area contributed by atoms with Crippen LogP contribution in [0.25, 0.3) is 11.1 Å². The summed E-state index contributed by atoms with van der Waals surface area (Å²) in [5.41, 5.74) is 3.74. The third kappa shape index (κ3) is 2.59. The molecule has 0 saturated carbocycles. The van der Waals surface area contributed by atoms with Crippen LogP contribution in [0.5, 0.6) is 5.75 Å². The molecule has 0 aliphatic rings. The number of benzene rings is 2. The maximum absolute atomic E-state index is 11.1. The minimum atomic E-state index is 0.637. The van der Waals surface area contributed by atoms with Gasteiger partial charge in [0.25, 0.3) is 0 Å². The summed E-state index contributed by atoms with van der Waals surface area (Å²) in [4.78, 5) is 11.1. The molecule has 0 aliphatic carbocycles. The van der Waals surface area contributed by atoms with Crippen LogP contribution in [0.1, 0.15) is 22.8 Å². The van der Waals surface area contributed by atoms with Crippen molar-refractivity contribution in [2.24, 2.45) is 0 Å². The van der Waals surface area contributed by atoms with Gasteiger partial charge in [-0.3, -0.25) is 4.79 Å². The van der Waals surface area contributed by atoms with Gasteiger partial charge in [-0.05, 0) is 43.2 Å². The smallest absolute Gasteiger partial charge is 0.150 e. The molecule has 0 radical (unpaired) electrons. The van der Waals surface area contributed by atoms with Crippen molar-refractivity contribution in [2.75, 3.05) is 6.61 Å². The Labute approximate surface area is 107 Å². The lowest BCUT2D eigenvalue weighted by atomic mass is 9.98. The normalized spacial score (nSPS) is 10.1. The van der Waals surface area contributed by atoms with Gasteiger partial charge in [0, 0.05) is 5.56 Å². The molecule has 0 heterocycles. The molecule has 18 heavy (non-hydrogen) atoms. The van der Waals surface area contributed by atoms with E-state index in [4.69, 9.17) is 4.74 Å². The molecular weight excluding hydrogens is 224 g/mol. The fourth-order valence-corrected chi connectivity index (χ4v) is 1.96. The van der Waals surface area contributed by atoms with Crippen molar-refractivity contribution in [3.63, 3.8) is 0 Å². The van der Waals surface area contributed by atoms with Gasteiger partial charge in [0.05, 0.1) is 6.61 Å². The summed E-state index contributed by atoms with van der Waals surface area (Å²) in [6.07, 6.45) is 0.898. The number of carbonyl (C=O) groups is 1. The molecule has 0 saturated heterocycles. The van der Waals surface area contributed by atoms with Crippen molar-refractivity contribution in [2.45, 2.75) is 13.8 Å². The first-order valence-electron chi connectivity index (χ1n) is 6.03. The molecular formula is C16H16O2. The Kier molecular flexibility index (Phi) is 3.78. The highest BCUT2D eigenvalue weighted by Crippen LogP contribution is 2.27. The lowest BCUT2D eigenvalue weighted by molar-refractivity contribution is 0.112. The molecule has 0 spiro atoms. The Hall–Kier alpha value is -2.09. The number of carbonyl (C=O) groups excluding carboxylic acids is 1. The van der Waals surface area contributed by atoms with E-state index in [0.29, 0.717) is 12.2 Å². The highest BCUT2D eigenvalue weighted by atomic mass is 16.5. The third-order valence-electron chi connectivity index (χ3n) is 2.79. The summed E-state index contributed by atoms with van der Waals surface area (Å²) in [6.45, 7) is 4.57. The lowest BCUT2D eigenvalue weighted by Gasteiger charge is -2.09. The number of ether oxygens (including phenoxy) is 1. The van der Waals surface area contributed by atoms with Crippen LogP contribution in [0.3, 0.4) is 0 Å². The van der Waals surface area contributed by atoms with E-state index in [1.807, 2.05) is 56.3 Å². The van der Waals surface area contributed by atoms with Crippen LogP contribution in [0, 0.1) is 6.92 Å². The molecule has 0 atom stereocenters. The number of aldehydes is 1. The van der Waals surface area contributed by atoms with Gasteiger partial charge >= 0.3 is 0 Å². The number of hydrogen-bond acceptors (Lipinski definition) is 2. The monoisotopic (exact) mass is 240 g/mol. The van der Waals surface area contributed by atoms with Gasteiger partial charge < -0.3 is 4.74 Å². The molecule has 2 heteroatoms. The van der Waals surface area contributed by atoms with E-state index >= 15 is 0 Å². The fourth-order valence-electron chi connectivity index (χ4n) is 1.96. The molecule has 0 amide bonds. The summed E-state index contributed by atoms with van der Waals surface area (Å²) in [7, 11) is 0. The molecule has 2 aromatic rings. The molecule has 0 aromatic heterocycles. The average molecular weight is 240 g/mol. The van der Waals surface area contributed by atoms with Crippen LogP contribution in [-0.4, -0.2) is 12.9 Å². The van der Waals surface area contributed by atoms with E-state index in [-0.39, 0.29) is 0 Å². The van der Waals surface area contributed by atoms with E-state index in [2.05, 4.69) is 0 Å². The predicted molar refractivity (Wildman–Crippen MR) is 73.2 cm³/mol. The second-order valence-corrected chi connectivity index (χ2v) is 4.17. The fraction of sp³-hybridized carbons (Fsp3) is 0.188. The van der Waals surface area contributed by atoms with Crippen molar-refractivity contribution < 1.29 is 9.53 Å². The molecule has 0 fully saturated rings. The summed E-state index contributed by atoms with van der Waals surface area (Å²) >= 11 is 0. The van der Waals surface area contributed by atoms with Crippen molar-refractivity contribution in [1.82, 2.24) is 0 Å². The topological polar surface area (TPSA) is 26.3 Å². The zero-order chi connectivity index (χ0) is 13.0. The quantitative estimate of drug-likeness (QED) is 0.758. The SMILES string of the molecule is CCOc1cccc(-c2ccc(C)cc2C=O)c1. The van der Waals surface area contributed by atoms with Gasteiger partial charge in [-0.25, -0.2) is 0 Å². The van der Waals surface area contributed by atoms with Gasteiger partial charge in [0.2, 0.25) is 0 Å². The second-order valence-electron chi connectivity index (χ2n) is 4.17. The molecule has 2 rings (SSSR count). The Morgan fingerprint density at radius 1 is 1.17 bits per heavy atom. The van der Waals surface area contributed by atoms with Crippen molar-refractivity contribution >= 4 is 6.29 Å². The molecule has 0 bridgehead atoms. The Bertz CT molecular complexity index is 559. The summed E-state index contributed by atoms with van der Waals surface area (Å²) in [5, 5.41) is 0. The summed E-state index contributed by atoms with van der Waals surface area (Å²) < 4.78 is 5.48. The van der Waals surface area contributed by atoms with Crippen LogP contribution in [0.4, 0.5) is 0 Å². The highest BCUT2D eigenvalue weighted by molar-refractivity contribution is 5.88. The largest absolute Gasteiger partial charge is 0.494 e. The van der Waals surface area contributed by atoms with Gasteiger partial charge in [0.1, 0.15) is 5.75 Å². The van der Waals surface area contributed by atoms with Gasteiger partial charge in [-0.2, -0.15) is 0 Å². The standard InChI is InChI=1S/C16H16O2/c1-3-18-15-6-4-5-13(10-15)16-8-7-12(2)9-14(16)11-17/h4-11H,3H2,1-2H3. The van der Waals surface area contributed by atoms with Crippen LogP contribution >= 0.6 is 0 Å².